The van der Waals surface area contributed by atoms with Crippen molar-refractivity contribution in [2.24, 2.45) is 11.1 Å². The Labute approximate surface area is 181 Å². The number of rotatable bonds is 3. The van der Waals surface area contributed by atoms with Gasteiger partial charge in [-0.3, -0.25) is 9.59 Å². The standard InChI is InChI=1S/C24H27N3O2S/c1-24(2)11-18-21(19(28)12-24)20(14-26)30-22(18)23(29)27-8-6-16(7-9-27)17-5-3-4-15(10-17)13-25/h3-5,10,16H,6-9,11-13,25H2,1-2H3. The third-order valence-corrected chi connectivity index (χ3v) is 7.44. The van der Waals surface area contributed by atoms with Crippen LogP contribution in [0.5, 0.6) is 0 Å². The third-order valence-electron chi connectivity index (χ3n) is 6.32. The van der Waals surface area contributed by atoms with Crippen LogP contribution in [0.1, 0.15) is 80.6 Å². The lowest BCUT2D eigenvalue weighted by Gasteiger charge is -2.33. The summed E-state index contributed by atoms with van der Waals surface area (Å²) in [7, 11) is 0. The predicted molar refractivity (Wildman–Crippen MR) is 118 cm³/mol. The summed E-state index contributed by atoms with van der Waals surface area (Å²) in [6.07, 6.45) is 2.90. The van der Waals surface area contributed by atoms with Crippen LogP contribution < -0.4 is 5.73 Å². The van der Waals surface area contributed by atoms with Crippen LogP contribution in [0.4, 0.5) is 0 Å². The molecule has 0 saturated carbocycles. The van der Waals surface area contributed by atoms with Gasteiger partial charge in [-0.1, -0.05) is 38.1 Å². The molecule has 1 amide bonds. The molecule has 1 fully saturated rings. The molecule has 2 aliphatic rings. The highest BCUT2D eigenvalue weighted by Gasteiger charge is 2.38. The molecule has 0 spiro atoms. The van der Waals surface area contributed by atoms with E-state index in [0.717, 1.165) is 24.0 Å². The zero-order valence-electron chi connectivity index (χ0n) is 17.5. The van der Waals surface area contributed by atoms with Gasteiger partial charge in [0.25, 0.3) is 5.91 Å². The minimum atomic E-state index is -0.187. The number of thiophene rings is 1. The lowest BCUT2D eigenvalue weighted by atomic mass is 9.74. The van der Waals surface area contributed by atoms with Crippen molar-refractivity contribution in [1.29, 1.82) is 5.26 Å². The Bertz CT molecular complexity index is 1040. The quantitative estimate of drug-likeness (QED) is 0.802. The molecule has 0 unspecified atom stereocenters. The summed E-state index contributed by atoms with van der Waals surface area (Å²) in [5.74, 6) is 0.386. The van der Waals surface area contributed by atoms with Gasteiger partial charge in [0.2, 0.25) is 0 Å². The summed E-state index contributed by atoms with van der Waals surface area (Å²) in [4.78, 5) is 28.9. The minimum Gasteiger partial charge on any atom is -0.338 e. The maximum Gasteiger partial charge on any atom is 0.264 e. The molecule has 156 valence electrons. The maximum absolute atomic E-state index is 13.4. The largest absolute Gasteiger partial charge is 0.338 e. The normalized spacial score (nSPS) is 18.7. The van der Waals surface area contributed by atoms with Crippen LogP contribution >= 0.6 is 11.3 Å². The van der Waals surface area contributed by atoms with Crippen LogP contribution in [0.2, 0.25) is 0 Å². The number of benzene rings is 1. The molecule has 2 N–H and O–H groups in total. The molecular formula is C24H27N3O2S. The number of nitrogens with zero attached hydrogens (tertiary/aromatic N) is 2. The van der Waals surface area contributed by atoms with Gasteiger partial charge >= 0.3 is 0 Å². The highest BCUT2D eigenvalue weighted by atomic mass is 32.1. The number of fused-ring (bicyclic) bond motifs is 1. The number of nitriles is 1. The van der Waals surface area contributed by atoms with Crippen molar-refractivity contribution in [3.05, 3.63) is 56.3 Å². The van der Waals surface area contributed by atoms with E-state index in [1.165, 1.54) is 16.9 Å². The fourth-order valence-corrected chi connectivity index (χ4v) is 5.88. The number of hydrogen-bond acceptors (Lipinski definition) is 5. The number of amides is 1. The predicted octanol–water partition coefficient (Wildman–Crippen LogP) is 4.25. The second-order valence-corrected chi connectivity index (χ2v) is 10.2. The van der Waals surface area contributed by atoms with Crippen molar-refractivity contribution in [3.8, 4) is 6.07 Å². The van der Waals surface area contributed by atoms with E-state index >= 15 is 0 Å². The summed E-state index contributed by atoms with van der Waals surface area (Å²) < 4.78 is 0. The fraction of sp³-hybridized carbons (Fsp3) is 0.458. The van der Waals surface area contributed by atoms with Gasteiger partial charge in [-0.05, 0) is 47.3 Å². The van der Waals surface area contributed by atoms with Crippen LogP contribution in [0.25, 0.3) is 0 Å². The van der Waals surface area contributed by atoms with Crippen molar-refractivity contribution >= 4 is 23.0 Å². The van der Waals surface area contributed by atoms with Gasteiger partial charge in [0.15, 0.2) is 5.78 Å². The topological polar surface area (TPSA) is 87.2 Å². The smallest absolute Gasteiger partial charge is 0.264 e. The van der Waals surface area contributed by atoms with E-state index in [1.54, 1.807) is 0 Å². The Morgan fingerprint density at radius 2 is 2.03 bits per heavy atom. The van der Waals surface area contributed by atoms with Gasteiger partial charge < -0.3 is 10.6 Å². The Morgan fingerprint density at radius 3 is 2.70 bits per heavy atom. The Kier molecular flexibility index (Phi) is 5.52. The average Bonchev–Trinajstić information content (AvgIpc) is 3.11. The summed E-state index contributed by atoms with van der Waals surface area (Å²) in [5.41, 5.74) is 9.30. The van der Waals surface area contributed by atoms with E-state index < -0.39 is 0 Å². The minimum absolute atomic E-state index is 0.00778. The number of carbonyl (C=O) groups is 2. The zero-order chi connectivity index (χ0) is 21.5. The Balaban J connectivity index is 1.54. The first-order valence-corrected chi connectivity index (χ1v) is 11.3. The molecule has 1 aromatic heterocycles. The molecule has 6 heteroatoms. The van der Waals surface area contributed by atoms with Crippen LogP contribution in [0.3, 0.4) is 0 Å². The third kappa shape index (κ3) is 3.80. The molecule has 1 saturated heterocycles. The van der Waals surface area contributed by atoms with Crippen LogP contribution in [-0.4, -0.2) is 29.7 Å². The van der Waals surface area contributed by atoms with Gasteiger partial charge in [-0.25, -0.2) is 0 Å². The summed E-state index contributed by atoms with van der Waals surface area (Å²) in [5, 5.41) is 9.52. The van der Waals surface area contributed by atoms with Crippen molar-refractivity contribution in [3.63, 3.8) is 0 Å². The van der Waals surface area contributed by atoms with Crippen molar-refractivity contribution in [2.75, 3.05) is 13.1 Å². The van der Waals surface area contributed by atoms with Crippen LogP contribution in [-0.2, 0) is 13.0 Å². The van der Waals surface area contributed by atoms with E-state index in [9.17, 15) is 14.9 Å². The second kappa shape index (κ2) is 7.98. The Morgan fingerprint density at radius 1 is 1.30 bits per heavy atom. The second-order valence-electron chi connectivity index (χ2n) is 9.18. The van der Waals surface area contributed by atoms with Crippen molar-refractivity contribution in [1.82, 2.24) is 4.90 Å². The van der Waals surface area contributed by atoms with Crippen LogP contribution in [0.15, 0.2) is 24.3 Å². The summed E-state index contributed by atoms with van der Waals surface area (Å²) in [6.45, 7) is 6.00. The van der Waals surface area contributed by atoms with Gasteiger partial charge in [0, 0.05) is 26.1 Å². The number of piperidine rings is 1. The van der Waals surface area contributed by atoms with E-state index in [0.29, 0.717) is 53.7 Å². The molecule has 1 aromatic carbocycles. The molecule has 2 heterocycles. The summed E-state index contributed by atoms with van der Waals surface area (Å²) >= 11 is 1.20. The molecule has 1 aliphatic carbocycles. The first-order valence-electron chi connectivity index (χ1n) is 10.5. The molecule has 0 bridgehead atoms. The lowest BCUT2D eigenvalue weighted by Crippen LogP contribution is -2.38. The number of ketones is 1. The van der Waals surface area contributed by atoms with E-state index in [-0.39, 0.29) is 17.1 Å². The highest BCUT2D eigenvalue weighted by molar-refractivity contribution is 7.15. The highest BCUT2D eigenvalue weighted by Crippen LogP contribution is 2.42. The first-order chi connectivity index (χ1) is 14.3. The van der Waals surface area contributed by atoms with Gasteiger partial charge in [0.1, 0.15) is 10.9 Å². The van der Waals surface area contributed by atoms with Crippen molar-refractivity contribution < 1.29 is 9.59 Å². The molecule has 2 aromatic rings. The maximum atomic E-state index is 13.4. The molecule has 0 radical (unpaired) electrons. The van der Waals surface area contributed by atoms with Crippen LogP contribution in [0, 0.1) is 16.7 Å². The lowest BCUT2D eigenvalue weighted by molar-refractivity contribution is 0.0716. The number of hydrogen-bond donors (Lipinski definition) is 1. The van der Waals surface area contributed by atoms with E-state index in [4.69, 9.17) is 5.73 Å². The van der Waals surface area contributed by atoms with Crippen molar-refractivity contribution in [2.45, 2.75) is 52.0 Å². The van der Waals surface area contributed by atoms with Gasteiger partial charge in [0.05, 0.1) is 10.4 Å². The number of likely N-dealkylation sites (tertiary alicyclic amines) is 1. The SMILES string of the molecule is CC1(C)CC(=O)c2c(C#N)sc(C(=O)N3CCC(c4cccc(CN)c4)CC3)c2C1. The molecule has 1 aliphatic heterocycles. The molecule has 0 atom stereocenters. The van der Waals surface area contributed by atoms with E-state index in [1.807, 2.05) is 24.8 Å². The Hall–Kier alpha value is -2.49. The molecular weight excluding hydrogens is 394 g/mol. The van der Waals surface area contributed by atoms with Gasteiger partial charge in [-0.15, -0.1) is 11.3 Å². The molecule has 5 nitrogen and oxygen atoms in total. The molecule has 4 rings (SSSR count). The average molecular weight is 422 g/mol. The molecule has 30 heavy (non-hydrogen) atoms. The number of carbonyl (C=O) groups excluding carboxylic acids is 2. The number of Topliss-reactive ketones (excluding diaryl/α,β-unsaturated/α-hetero) is 1. The fourth-order valence-electron chi connectivity index (χ4n) is 4.78. The monoisotopic (exact) mass is 421 g/mol. The first kappa shape index (κ1) is 20.8. The number of nitrogens with two attached hydrogens (primary N) is 1. The van der Waals surface area contributed by atoms with Gasteiger partial charge in [-0.2, -0.15) is 5.26 Å². The summed E-state index contributed by atoms with van der Waals surface area (Å²) in [6, 6.07) is 10.6. The zero-order valence-corrected chi connectivity index (χ0v) is 18.3. The van der Waals surface area contributed by atoms with E-state index in [2.05, 4.69) is 24.3 Å².